The van der Waals surface area contributed by atoms with Crippen molar-refractivity contribution in [1.82, 2.24) is 20.1 Å². The van der Waals surface area contributed by atoms with Gasteiger partial charge < -0.3 is 10.1 Å². The number of benzene rings is 1. The third-order valence-corrected chi connectivity index (χ3v) is 5.49. The zero-order valence-corrected chi connectivity index (χ0v) is 17.6. The monoisotopic (exact) mass is 404 g/mol. The van der Waals surface area contributed by atoms with E-state index < -0.39 is 0 Å². The van der Waals surface area contributed by atoms with Crippen LogP contribution in [0.5, 0.6) is 5.88 Å². The number of amides is 1. The molecule has 0 spiro atoms. The van der Waals surface area contributed by atoms with Gasteiger partial charge in [-0.1, -0.05) is 18.2 Å². The molecule has 156 valence electrons. The molecule has 2 aromatic heterocycles. The van der Waals surface area contributed by atoms with E-state index in [0.717, 1.165) is 35.4 Å². The van der Waals surface area contributed by atoms with Crippen molar-refractivity contribution in [1.29, 1.82) is 0 Å². The number of hydrogen-bond donors (Lipinski definition) is 1. The van der Waals surface area contributed by atoms with Crippen molar-refractivity contribution in [3.8, 4) is 5.88 Å². The Bertz CT molecular complexity index is 1020. The van der Waals surface area contributed by atoms with Gasteiger partial charge in [-0.3, -0.25) is 9.48 Å². The largest absolute Gasteiger partial charge is 0.474 e. The molecule has 0 bridgehead atoms. The highest BCUT2D eigenvalue weighted by Gasteiger charge is 2.19. The van der Waals surface area contributed by atoms with Crippen molar-refractivity contribution >= 4 is 5.91 Å². The van der Waals surface area contributed by atoms with Gasteiger partial charge in [0.15, 0.2) is 0 Å². The van der Waals surface area contributed by atoms with Crippen LogP contribution in [0.4, 0.5) is 0 Å². The Balaban J connectivity index is 1.40. The lowest BCUT2D eigenvalue weighted by molar-refractivity contribution is 0.0950. The molecular weight excluding hydrogens is 376 g/mol. The molecule has 0 unspecified atom stereocenters. The summed E-state index contributed by atoms with van der Waals surface area (Å²) >= 11 is 0. The van der Waals surface area contributed by atoms with Gasteiger partial charge in [-0.15, -0.1) is 0 Å². The number of hydrogen-bond acceptors (Lipinski definition) is 4. The van der Waals surface area contributed by atoms with Gasteiger partial charge in [0.25, 0.3) is 5.91 Å². The highest BCUT2D eigenvalue weighted by Crippen LogP contribution is 2.25. The fourth-order valence-electron chi connectivity index (χ4n) is 3.93. The van der Waals surface area contributed by atoms with Crippen molar-refractivity contribution in [2.24, 2.45) is 0 Å². The fraction of sp³-hybridized carbons (Fsp3) is 0.375. The second-order valence-corrected chi connectivity index (χ2v) is 7.96. The molecule has 1 aliphatic rings. The van der Waals surface area contributed by atoms with E-state index in [1.807, 2.05) is 54.9 Å². The molecule has 0 aliphatic heterocycles. The van der Waals surface area contributed by atoms with Gasteiger partial charge in [-0.25, -0.2) is 4.98 Å². The van der Waals surface area contributed by atoms with Gasteiger partial charge in [0.05, 0.1) is 12.2 Å². The topological polar surface area (TPSA) is 69.0 Å². The van der Waals surface area contributed by atoms with Crippen molar-refractivity contribution in [3.63, 3.8) is 0 Å². The van der Waals surface area contributed by atoms with Crippen molar-refractivity contribution in [3.05, 3.63) is 76.7 Å². The quantitative estimate of drug-likeness (QED) is 0.641. The molecule has 1 aromatic carbocycles. The number of nitrogens with one attached hydrogen (secondary N) is 1. The SMILES string of the molecule is Cc1cc(C)n(Cc2cccc(C(=O)NCc3cccnc3OC3CCCC3)c2)n1. The third kappa shape index (κ3) is 4.87. The first kappa shape index (κ1) is 20.1. The third-order valence-electron chi connectivity index (χ3n) is 5.49. The van der Waals surface area contributed by atoms with Crippen LogP contribution in [0.15, 0.2) is 48.7 Å². The Labute approximate surface area is 177 Å². The highest BCUT2D eigenvalue weighted by atomic mass is 16.5. The summed E-state index contributed by atoms with van der Waals surface area (Å²) in [5.74, 6) is 0.517. The number of carbonyl (C=O) groups is 1. The van der Waals surface area contributed by atoms with Crippen molar-refractivity contribution in [2.75, 3.05) is 0 Å². The predicted molar refractivity (Wildman–Crippen MR) is 116 cm³/mol. The normalized spacial score (nSPS) is 14.1. The van der Waals surface area contributed by atoms with Gasteiger partial charge in [-0.05, 0) is 69.4 Å². The second kappa shape index (κ2) is 9.11. The molecule has 3 aromatic rings. The van der Waals surface area contributed by atoms with Crippen LogP contribution in [0.25, 0.3) is 0 Å². The van der Waals surface area contributed by atoms with Gasteiger partial charge >= 0.3 is 0 Å². The van der Waals surface area contributed by atoms with Gasteiger partial charge in [0.1, 0.15) is 6.10 Å². The molecule has 1 aliphatic carbocycles. The summed E-state index contributed by atoms with van der Waals surface area (Å²) in [6.07, 6.45) is 6.53. The van der Waals surface area contributed by atoms with Crippen LogP contribution in [-0.2, 0) is 13.1 Å². The number of aromatic nitrogens is 3. The molecule has 1 saturated carbocycles. The van der Waals surface area contributed by atoms with Crippen LogP contribution in [-0.4, -0.2) is 26.8 Å². The first-order valence-electron chi connectivity index (χ1n) is 10.6. The van der Waals surface area contributed by atoms with Crippen molar-refractivity contribution < 1.29 is 9.53 Å². The van der Waals surface area contributed by atoms with E-state index in [2.05, 4.69) is 21.5 Å². The predicted octanol–water partition coefficient (Wildman–Crippen LogP) is 4.19. The van der Waals surface area contributed by atoms with Gasteiger partial charge in [0.2, 0.25) is 5.88 Å². The average Bonchev–Trinajstić information content (AvgIpc) is 3.36. The molecule has 0 atom stereocenters. The minimum absolute atomic E-state index is 0.110. The molecule has 0 radical (unpaired) electrons. The number of pyridine rings is 1. The fourth-order valence-corrected chi connectivity index (χ4v) is 3.93. The maximum absolute atomic E-state index is 12.8. The minimum atomic E-state index is -0.110. The van der Waals surface area contributed by atoms with Crippen LogP contribution in [0, 0.1) is 13.8 Å². The van der Waals surface area contributed by atoms with E-state index in [4.69, 9.17) is 4.74 Å². The van der Waals surface area contributed by atoms with Crippen LogP contribution in [0.1, 0.15) is 58.6 Å². The highest BCUT2D eigenvalue weighted by molar-refractivity contribution is 5.94. The maximum atomic E-state index is 12.8. The number of carbonyl (C=O) groups excluding carboxylic acids is 1. The lowest BCUT2D eigenvalue weighted by atomic mass is 10.1. The number of rotatable bonds is 7. The van der Waals surface area contributed by atoms with E-state index in [0.29, 0.717) is 24.5 Å². The molecule has 6 heteroatoms. The molecule has 0 saturated heterocycles. The summed E-state index contributed by atoms with van der Waals surface area (Å²) in [5, 5.41) is 7.51. The molecule has 1 amide bonds. The summed E-state index contributed by atoms with van der Waals surface area (Å²) in [7, 11) is 0. The lowest BCUT2D eigenvalue weighted by Gasteiger charge is -2.15. The van der Waals surface area contributed by atoms with E-state index in [-0.39, 0.29) is 12.0 Å². The summed E-state index contributed by atoms with van der Waals surface area (Å²) in [4.78, 5) is 17.1. The Morgan fingerprint density at radius 1 is 1.17 bits per heavy atom. The molecular formula is C24H28N4O2. The smallest absolute Gasteiger partial charge is 0.251 e. The molecule has 6 nitrogen and oxygen atoms in total. The zero-order chi connectivity index (χ0) is 20.9. The first-order chi connectivity index (χ1) is 14.6. The number of aryl methyl sites for hydroxylation is 2. The van der Waals surface area contributed by atoms with Gasteiger partial charge in [-0.2, -0.15) is 5.10 Å². The molecule has 2 heterocycles. The van der Waals surface area contributed by atoms with E-state index >= 15 is 0 Å². The van der Waals surface area contributed by atoms with Gasteiger partial charge in [0, 0.05) is 29.6 Å². The first-order valence-corrected chi connectivity index (χ1v) is 10.6. The van der Waals surface area contributed by atoms with Crippen LogP contribution in [0.3, 0.4) is 0 Å². The number of nitrogens with zero attached hydrogens (tertiary/aromatic N) is 3. The Morgan fingerprint density at radius 2 is 2.00 bits per heavy atom. The molecule has 4 rings (SSSR count). The standard InChI is InChI=1S/C24H28N4O2/c1-17-13-18(2)28(27-17)16-19-7-5-8-20(14-19)23(29)26-15-21-9-6-12-25-24(21)30-22-10-3-4-11-22/h5-9,12-14,22H,3-4,10-11,15-16H2,1-2H3,(H,26,29). The van der Waals surface area contributed by atoms with E-state index in [1.54, 1.807) is 6.20 Å². The number of ether oxygens (including phenoxy) is 1. The Kier molecular flexibility index (Phi) is 6.12. The minimum Gasteiger partial charge on any atom is -0.474 e. The lowest BCUT2D eigenvalue weighted by Crippen LogP contribution is -2.24. The zero-order valence-electron chi connectivity index (χ0n) is 17.6. The van der Waals surface area contributed by atoms with E-state index in [9.17, 15) is 4.79 Å². The second-order valence-electron chi connectivity index (χ2n) is 7.96. The summed E-state index contributed by atoms with van der Waals surface area (Å²) < 4.78 is 8.02. The molecule has 1 fully saturated rings. The molecule has 1 N–H and O–H groups in total. The summed E-state index contributed by atoms with van der Waals surface area (Å²) in [6, 6.07) is 13.6. The summed E-state index contributed by atoms with van der Waals surface area (Å²) in [5.41, 5.74) is 4.68. The average molecular weight is 405 g/mol. The van der Waals surface area contributed by atoms with Crippen LogP contribution in [0.2, 0.25) is 0 Å². The summed E-state index contributed by atoms with van der Waals surface area (Å²) in [6.45, 7) is 5.05. The van der Waals surface area contributed by atoms with Crippen molar-refractivity contribution in [2.45, 2.75) is 58.7 Å². The Hall–Kier alpha value is -3.15. The van der Waals surface area contributed by atoms with Crippen LogP contribution < -0.4 is 10.1 Å². The Morgan fingerprint density at radius 3 is 2.77 bits per heavy atom. The van der Waals surface area contributed by atoms with E-state index in [1.165, 1.54) is 12.8 Å². The van der Waals surface area contributed by atoms with Crippen LogP contribution >= 0.6 is 0 Å². The maximum Gasteiger partial charge on any atom is 0.251 e. The molecule has 30 heavy (non-hydrogen) atoms.